The Hall–Kier alpha value is -2.32. The highest BCUT2D eigenvalue weighted by Gasteiger charge is 2.20. The third-order valence-corrected chi connectivity index (χ3v) is 1.89. The predicted molar refractivity (Wildman–Crippen MR) is 46.8 cm³/mol. The van der Waals surface area contributed by atoms with Crippen molar-refractivity contribution in [2.45, 2.75) is 13.3 Å². The summed E-state index contributed by atoms with van der Waals surface area (Å²) in [6.45, 7) is 1.78. The maximum Gasteiger partial charge on any atom is 0.429 e. The fraction of sp³-hybridized carbons (Fsp3) is 0.333. The summed E-state index contributed by atoms with van der Waals surface area (Å²) in [5.74, 6) is -0.0731. The van der Waals surface area contributed by atoms with Crippen LogP contribution in [-0.2, 0) is 6.42 Å². The number of hydrogen-bond acceptors (Lipinski definition) is 6. The number of rotatable bonds is 2. The molecule has 0 aromatic carbocycles. The Bertz CT molecular complexity index is 584. The average molecular weight is 210 g/mol. The van der Waals surface area contributed by atoms with Gasteiger partial charge in [-0.25, -0.2) is 4.79 Å². The van der Waals surface area contributed by atoms with Crippen LogP contribution in [-0.4, -0.2) is 29.5 Å². The Balaban J connectivity index is 2.95. The minimum Gasteiger partial charge on any atom is -0.339 e. The summed E-state index contributed by atoms with van der Waals surface area (Å²) in [6.07, 6.45) is 1.84. The van der Waals surface area contributed by atoms with E-state index in [1.807, 2.05) is 0 Å². The van der Waals surface area contributed by atoms with Gasteiger partial charge in [-0.15, -0.1) is 10.1 Å². The van der Waals surface area contributed by atoms with E-state index in [0.717, 1.165) is 4.52 Å². The van der Waals surface area contributed by atoms with Crippen LogP contribution in [0.3, 0.4) is 0 Å². The molecular weight excluding hydrogens is 204 g/mol. The highest BCUT2D eigenvalue weighted by atomic mass is 16.7. The molecule has 0 aliphatic rings. The van der Waals surface area contributed by atoms with Crippen LogP contribution in [0.4, 0.5) is 0 Å². The predicted octanol–water partition coefficient (Wildman–Crippen LogP) is -1.11. The van der Waals surface area contributed by atoms with Gasteiger partial charge in [0.25, 0.3) is 0 Å². The van der Waals surface area contributed by atoms with Crippen molar-refractivity contribution in [2.24, 2.45) is 0 Å². The molecular formula is C6H6N6O3. The molecule has 0 saturated heterocycles. The Morgan fingerprint density at radius 1 is 1.60 bits per heavy atom. The van der Waals surface area contributed by atoms with E-state index in [1.54, 1.807) is 6.92 Å². The number of aromatic nitrogens is 5. The molecule has 0 bridgehead atoms. The standard InChI is InChI=1S/C6H6N6O3/c1-2-4-3-7-9-5-8-6(13)11(10(4)5)12(14)15/h3H,2H2,1H3. The average Bonchev–Trinajstić information content (AvgIpc) is 2.53. The van der Waals surface area contributed by atoms with Crippen molar-refractivity contribution in [2.75, 3.05) is 0 Å². The molecule has 2 heterocycles. The third kappa shape index (κ3) is 1.24. The van der Waals surface area contributed by atoms with Crippen molar-refractivity contribution < 1.29 is 5.03 Å². The minimum absolute atomic E-state index is 0.0731. The molecule has 2 aromatic heterocycles. The number of fused-ring (bicyclic) bond motifs is 1. The van der Waals surface area contributed by atoms with E-state index in [0.29, 0.717) is 16.9 Å². The van der Waals surface area contributed by atoms with E-state index < -0.39 is 10.7 Å². The lowest BCUT2D eigenvalue weighted by atomic mass is 10.4. The van der Waals surface area contributed by atoms with Gasteiger partial charge in [0.15, 0.2) is 5.69 Å². The van der Waals surface area contributed by atoms with Crippen molar-refractivity contribution in [3.8, 4) is 0 Å². The number of aryl methyl sites for hydroxylation is 1. The van der Waals surface area contributed by atoms with E-state index in [9.17, 15) is 14.9 Å². The van der Waals surface area contributed by atoms with Gasteiger partial charge in [0.1, 0.15) is 0 Å². The lowest BCUT2D eigenvalue weighted by Gasteiger charge is -1.97. The van der Waals surface area contributed by atoms with Crippen molar-refractivity contribution in [3.05, 3.63) is 32.5 Å². The van der Waals surface area contributed by atoms with Crippen LogP contribution in [0.15, 0.2) is 11.0 Å². The molecule has 0 aliphatic carbocycles. The van der Waals surface area contributed by atoms with Gasteiger partial charge in [-0.05, 0) is 0 Å². The van der Waals surface area contributed by atoms with E-state index in [1.165, 1.54) is 6.20 Å². The molecule has 0 spiro atoms. The minimum atomic E-state index is -0.977. The summed E-state index contributed by atoms with van der Waals surface area (Å²) in [7, 11) is 0. The topological polar surface area (TPSA) is 108 Å². The monoisotopic (exact) mass is 210 g/mol. The molecule has 0 unspecified atom stereocenters. The van der Waals surface area contributed by atoms with Gasteiger partial charge >= 0.3 is 11.5 Å². The summed E-state index contributed by atoms with van der Waals surface area (Å²) in [5.41, 5.74) is -0.485. The highest BCUT2D eigenvalue weighted by Crippen LogP contribution is 1.99. The van der Waals surface area contributed by atoms with Crippen LogP contribution in [0.1, 0.15) is 12.6 Å². The second-order valence-electron chi connectivity index (χ2n) is 2.72. The van der Waals surface area contributed by atoms with Gasteiger partial charge in [-0.2, -0.15) is 0 Å². The Morgan fingerprint density at radius 3 is 2.93 bits per heavy atom. The Labute approximate surface area is 82.1 Å². The summed E-state index contributed by atoms with van der Waals surface area (Å²) in [4.78, 5) is 25.5. The molecule has 0 fully saturated rings. The van der Waals surface area contributed by atoms with Crippen LogP contribution < -0.4 is 5.69 Å². The molecule has 78 valence electrons. The highest BCUT2D eigenvalue weighted by molar-refractivity contribution is 5.24. The van der Waals surface area contributed by atoms with Gasteiger partial charge in [0, 0.05) is 6.42 Å². The molecule has 0 atom stereocenters. The van der Waals surface area contributed by atoms with Crippen molar-refractivity contribution >= 4 is 5.78 Å². The van der Waals surface area contributed by atoms with E-state index in [2.05, 4.69) is 15.2 Å². The maximum atomic E-state index is 11.2. The molecule has 2 aromatic rings. The zero-order chi connectivity index (χ0) is 11.0. The lowest BCUT2D eigenvalue weighted by molar-refractivity contribution is -0.558. The van der Waals surface area contributed by atoms with Crippen molar-refractivity contribution in [1.29, 1.82) is 0 Å². The van der Waals surface area contributed by atoms with Crippen molar-refractivity contribution in [3.63, 3.8) is 0 Å². The summed E-state index contributed by atoms with van der Waals surface area (Å²) < 4.78 is 1.04. The summed E-state index contributed by atoms with van der Waals surface area (Å²) in [6, 6.07) is 0. The third-order valence-electron chi connectivity index (χ3n) is 1.89. The summed E-state index contributed by atoms with van der Waals surface area (Å²) >= 11 is 0. The van der Waals surface area contributed by atoms with Gasteiger partial charge in [-0.1, -0.05) is 16.5 Å². The Morgan fingerprint density at radius 2 is 2.33 bits per heavy atom. The first-order chi connectivity index (χ1) is 7.15. The first-order valence-corrected chi connectivity index (χ1v) is 4.12. The second-order valence-corrected chi connectivity index (χ2v) is 2.72. The van der Waals surface area contributed by atoms with E-state index in [4.69, 9.17) is 0 Å². The largest absolute Gasteiger partial charge is 0.429 e. The quantitative estimate of drug-likeness (QED) is 0.459. The summed E-state index contributed by atoms with van der Waals surface area (Å²) in [5, 5.41) is 16.9. The zero-order valence-corrected chi connectivity index (χ0v) is 7.69. The van der Waals surface area contributed by atoms with Gasteiger partial charge in [-0.3, -0.25) is 0 Å². The molecule has 9 nitrogen and oxygen atoms in total. The van der Waals surface area contributed by atoms with Crippen LogP contribution >= 0.6 is 0 Å². The fourth-order valence-corrected chi connectivity index (χ4v) is 1.25. The second kappa shape index (κ2) is 3.12. The number of nitro groups is 1. The maximum absolute atomic E-state index is 11.2. The van der Waals surface area contributed by atoms with Gasteiger partial charge < -0.3 is 10.1 Å². The first kappa shape index (κ1) is 9.24. The molecule has 0 N–H and O–H groups in total. The van der Waals surface area contributed by atoms with Crippen LogP contribution in [0.2, 0.25) is 0 Å². The van der Waals surface area contributed by atoms with Crippen LogP contribution in [0, 0.1) is 10.1 Å². The van der Waals surface area contributed by atoms with E-state index in [-0.39, 0.29) is 5.78 Å². The molecule has 9 heteroatoms. The van der Waals surface area contributed by atoms with Crippen LogP contribution in [0.5, 0.6) is 0 Å². The lowest BCUT2D eigenvalue weighted by Crippen LogP contribution is -2.28. The Kier molecular flexibility index (Phi) is 1.92. The molecule has 0 aliphatic heterocycles. The molecule has 0 amide bonds. The number of hydrogen-bond donors (Lipinski definition) is 0. The van der Waals surface area contributed by atoms with E-state index >= 15 is 0 Å². The van der Waals surface area contributed by atoms with Crippen molar-refractivity contribution in [1.82, 2.24) is 24.5 Å². The SMILES string of the molecule is CCc1cnnc2nc(=O)n([N+](=O)[O-])n12. The smallest absolute Gasteiger partial charge is 0.339 e. The molecule has 2 rings (SSSR count). The zero-order valence-electron chi connectivity index (χ0n) is 7.69. The normalized spacial score (nSPS) is 10.7. The fourth-order valence-electron chi connectivity index (χ4n) is 1.25. The molecule has 15 heavy (non-hydrogen) atoms. The van der Waals surface area contributed by atoms with Crippen LogP contribution in [0.25, 0.3) is 5.78 Å². The van der Waals surface area contributed by atoms with Gasteiger partial charge in [0.2, 0.25) is 0 Å². The molecule has 0 saturated carbocycles. The molecule has 0 radical (unpaired) electrons. The number of nitrogens with zero attached hydrogens (tertiary/aromatic N) is 6. The first-order valence-electron chi connectivity index (χ1n) is 4.12. The van der Waals surface area contributed by atoms with Gasteiger partial charge in [0.05, 0.1) is 16.0 Å².